The van der Waals surface area contributed by atoms with Crippen LogP contribution in [0.2, 0.25) is 5.02 Å². The third kappa shape index (κ3) is 2.50. The van der Waals surface area contributed by atoms with Crippen LogP contribution in [0.5, 0.6) is 5.75 Å². The smallest absolute Gasteiger partial charge is 0.230 e. The number of pyridine rings is 1. The van der Waals surface area contributed by atoms with E-state index in [-0.39, 0.29) is 5.75 Å². The van der Waals surface area contributed by atoms with E-state index in [9.17, 15) is 5.11 Å². The molecule has 1 unspecified atom stereocenters. The zero-order valence-corrected chi connectivity index (χ0v) is 14.1. The first-order chi connectivity index (χ1) is 11.7. The highest BCUT2D eigenvalue weighted by molar-refractivity contribution is 7.13. The van der Waals surface area contributed by atoms with Crippen molar-refractivity contribution in [3.05, 3.63) is 46.1 Å². The van der Waals surface area contributed by atoms with Gasteiger partial charge in [0.2, 0.25) is 11.0 Å². The Kier molecular flexibility index (Phi) is 3.84. The van der Waals surface area contributed by atoms with E-state index in [1.54, 1.807) is 31.5 Å². The number of hydrogen-bond acceptors (Lipinski definition) is 7. The topological polar surface area (TPSA) is 76.8 Å². The molecule has 1 atom stereocenters. The predicted molar refractivity (Wildman–Crippen MR) is 92.4 cm³/mol. The summed E-state index contributed by atoms with van der Waals surface area (Å²) in [6.07, 6.45) is 1.21. The monoisotopic (exact) mass is 361 g/mol. The van der Waals surface area contributed by atoms with E-state index in [1.807, 2.05) is 5.38 Å². The highest BCUT2D eigenvalue weighted by Gasteiger charge is 2.35. The van der Waals surface area contributed by atoms with E-state index >= 15 is 0 Å². The minimum Gasteiger partial charge on any atom is -0.506 e. The Bertz CT molecular complexity index is 943. The summed E-state index contributed by atoms with van der Waals surface area (Å²) in [7, 11) is 1.58. The van der Waals surface area contributed by atoms with Gasteiger partial charge in [-0.2, -0.15) is 4.99 Å². The van der Waals surface area contributed by atoms with Crippen LogP contribution < -0.4 is 0 Å². The molecule has 2 aromatic heterocycles. The lowest BCUT2D eigenvalue weighted by atomic mass is 10.1. The molecule has 0 saturated heterocycles. The van der Waals surface area contributed by atoms with Gasteiger partial charge >= 0.3 is 0 Å². The second-order valence-corrected chi connectivity index (χ2v) is 6.49. The summed E-state index contributed by atoms with van der Waals surface area (Å²) in [5.41, 5.74) is 1.65. The number of benzene rings is 1. The maximum absolute atomic E-state index is 10.7. The molecular formula is C16H12ClN3O3S. The summed E-state index contributed by atoms with van der Waals surface area (Å²) >= 11 is 7.42. The molecule has 0 amide bonds. The Hall–Kier alpha value is -2.22. The molecule has 0 fully saturated rings. The van der Waals surface area contributed by atoms with E-state index in [0.29, 0.717) is 44.8 Å². The third-order valence-electron chi connectivity index (χ3n) is 3.66. The second kappa shape index (κ2) is 6.01. The lowest BCUT2D eigenvalue weighted by molar-refractivity contribution is 0.0799. The first-order valence-electron chi connectivity index (χ1n) is 7.13. The van der Waals surface area contributed by atoms with Crippen LogP contribution in [0.25, 0.3) is 10.9 Å². The number of thiazole rings is 1. The molecule has 8 heteroatoms. The number of ether oxygens (including phenoxy) is 2. The number of methoxy groups -OCH3 is 1. The fraction of sp³-hybridized carbons (Fsp3) is 0.188. The van der Waals surface area contributed by atoms with Gasteiger partial charge in [0.05, 0.1) is 12.1 Å². The molecule has 0 radical (unpaired) electrons. The number of rotatable bonds is 3. The largest absolute Gasteiger partial charge is 0.506 e. The van der Waals surface area contributed by atoms with Crippen molar-refractivity contribution in [2.75, 3.05) is 13.7 Å². The van der Waals surface area contributed by atoms with Gasteiger partial charge in [0, 0.05) is 29.1 Å². The molecule has 0 saturated carbocycles. The summed E-state index contributed by atoms with van der Waals surface area (Å²) in [6, 6.07) is 5.14. The van der Waals surface area contributed by atoms with E-state index in [2.05, 4.69) is 15.0 Å². The van der Waals surface area contributed by atoms with Crippen LogP contribution in [-0.2, 0) is 9.47 Å². The van der Waals surface area contributed by atoms with Crippen LogP contribution >= 0.6 is 22.9 Å². The van der Waals surface area contributed by atoms with Crippen molar-refractivity contribution < 1.29 is 14.6 Å². The van der Waals surface area contributed by atoms with Crippen LogP contribution in [0, 0.1) is 0 Å². The molecule has 0 spiro atoms. The van der Waals surface area contributed by atoms with Gasteiger partial charge in [-0.15, -0.1) is 11.3 Å². The Morgan fingerprint density at radius 3 is 3.08 bits per heavy atom. The molecule has 3 aromatic rings. The zero-order chi connectivity index (χ0) is 16.7. The van der Waals surface area contributed by atoms with Crippen LogP contribution in [0.15, 0.2) is 34.8 Å². The molecule has 6 nitrogen and oxygen atoms in total. The molecule has 4 rings (SSSR count). The van der Waals surface area contributed by atoms with Gasteiger partial charge in [-0.25, -0.2) is 9.97 Å². The average molecular weight is 362 g/mol. The van der Waals surface area contributed by atoms with Crippen LogP contribution in [0.1, 0.15) is 17.4 Å². The van der Waals surface area contributed by atoms with Gasteiger partial charge in [-0.3, -0.25) is 0 Å². The predicted octanol–water partition coefficient (Wildman–Crippen LogP) is 3.85. The Morgan fingerprint density at radius 2 is 2.33 bits per heavy atom. The number of aliphatic imine (C=N–C) groups is 1. The highest BCUT2D eigenvalue weighted by atomic mass is 35.5. The highest BCUT2D eigenvalue weighted by Crippen LogP contribution is 2.40. The van der Waals surface area contributed by atoms with Crippen molar-refractivity contribution in [2.24, 2.45) is 4.99 Å². The zero-order valence-electron chi connectivity index (χ0n) is 12.6. The van der Waals surface area contributed by atoms with Crippen LogP contribution in [0.4, 0.5) is 5.13 Å². The van der Waals surface area contributed by atoms with E-state index in [4.69, 9.17) is 21.1 Å². The lowest BCUT2D eigenvalue weighted by Crippen LogP contribution is -2.07. The summed E-state index contributed by atoms with van der Waals surface area (Å²) in [5.74, 6) is 0.365. The normalized spacial score (nSPS) is 18.1. The van der Waals surface area contributed by atoms with Crippen molar-refractivity contribution in [3.63, 3.8) is 0 Å². The summed E-state index contributed by atoms with van der Waals surface area (Å²) in [6.45, 7) is 0.294. The minimum absolute atomic E-state index is 0.0700. The van der Waals surface area contributed by atoms with Gasteiger partial charge in [0.1, 0.15) is 17.0 Å². The molecule has 1 aliphatic heterocycles. The van der Waals surface area contributed by atoms with E-state index in [1.165, 1.54) is 11.3 Å². The maximum atomic E-state index is 10.7. The maximum Gasteiger partial charge on any atom is 0.230 e. The van der Waals surface area contributed by atoms with E-state index in [0.717, 1.165) is 0 Å². The minimum atomic E-state index is -0.446. The number of fused-ring (bicyclic) bond motifs is 2. The van der Waals surface area contributed by atoms with Crippen LogP contribution in [-0.4, -0.2) is 34.7 Å². The van der Waals surface area contributed by atoms with Gasteiger partial charge in [-0.1, -0.05) is 11.6 Å². The van der Waals surface area contributed by atoms with Crippen molar-refractivity contribution in [2.45, 2.75) is 6.10 Å². The van der Waals surface area contributed by atoms with Gasteiger partial charge in [0.15, 0.2) is 6.10 Å². The molecule has 0 aliphatic carbocycles. The number of aromatic hydroxyl groups is 1. The summed E-state index contributed by atoms with van der Waals surface area (Å²) in [5, 5.41) is 14.3. The Balaban J connectivity index is 1.95. The Labute approximate surface area is 146 Å². The van der Waals surface area contributed by atoms with Gasteiger partial charge < -0.3 is 14.6 Å². The molecule has 122 valence electrons. The van der Waals surface area contributed by atoms with Gasteiger partial charge in [0.25, 0.3) is 0 Å². The molecule has 1 aromatic carbocycles. The third-order valence-corrected chi connectivity index (χ3v) is 4.56. The SMILES string of the molecule is COCC1O/C(=N/c2nccs2)c2c1nc1cc(Cl)ccc1c2O. The van der Waals surface area contributed by atoms with Crippen molar-refractivity contribution in [1.29, 1.82) is 0 Å². The fourth-order valence-electron chi connectivity index (χ4n) is 2.64. The first kappa shape index (κ1) is 15.3. The van der Waals surface area contributed by atoms with Gasteiger partial charge in [-0.05, 0) is 18.2 Å². The summed E-state index contributed by atoms with van der Waals surface area (Å²) < 4.78 is 11.1. The number of aromatic nitrogens is 2. The quantitative estimate of drug-likeness (QED) is 0.766. The number of halogens is 1. The second-order valence-electron chi connectivity index (χ2n) is 5.18. The van der Waals surface area contributed by atoms with Crippen molar-refractivity contribution in [1.82, 2.24) is 9.97 Å². The molecule has 1 aliphatic rings. The van der Waals surface area contributed by atoms with Crippen molar-refractivity contribution >= 4 is 44.9 Å². The standard InChI is InChI=1S/C16H12ClN3O3S/c1-22-7-11-13-12(15(23-11)20-16-18-4-5-24-16)14(21)9-3-2-8(17)6-10(9)19-13/h2-6,11H,7H2,1H3,(H,19,21)/b20-15+. The first-order valence-corrected chi connectivity index (χ1v) is 8.39. The molecule has 1 N–H and O–H groups in total. The lowest BCUT2D eigenvalue weighted by Gasteiger charge is -2.09. The molecule has 24 heavy (non-hydrogen) atoms. The molecule has 0 bridgehead atoms. The van der Waals surface area contributed by atoms with Crippen molar-refractivity contribution in [3.8, 4) is 5.75 Å². The summed E-state index contributed by atoms with van der Waals surface area (Å²) in [4.78, 5) is 13.1. The number of hydrogen-bond donors (Lipinski definition) is 1. The Morgan fingerprint density at radius 1 is 1.46 bits per heavy atom. The number of nitrogens with zero attached hydrogens (tertiary/aromatic N) is 3. The fourth-order valence-corrected chi connectivity index (χ4v) is 3.30. The van der Waals surface area contributed by atoms with Crippen LogP contribution in [0.3, 0.4) is 0 Å². The molecule has 3 heterocycles. The average Bonchev–Trinajstić information content (AvgIpc) is 3.17. The molecular weight excluding hydrogens is 350 g/mol. The van der Waals surface area contributed by atoms with E-state index < -0.39 is 6.10 Å².